The zero-order valence-corrected chi connectivity index (χ0v) is 18.8. The number of rotatable bonds is 5. The summed E-state index contributed by atoms with van der Waals surface area (Å²) in [5.74, 6) is 0.812. The third-order valence-electron chi connectivity index (χ3n) is 5.72. The highest BCUT2D eigenvalue weighted by Gasteiger charge is 2.36. The van der Waals surface area contributed by atoms with E-state index in [4.69, 9.17) is 4.74 Å². The Hall–Kier alpha value is -3.77. The predicted octanol–water partition coefficient (Wildman–Crippen LogP) is 5.88. The van der Waals surface area contributed by atoms with E-state index in [-0.39, 0.29) is 17.2 Å². The van der Waals surface area contributed by atoms with Crippen molar-refractivity contribution in [2.75, 3.05) is 23.1 Å². The summed E-state index contributed by atoms with van der Waals surface area (Å²) in [7, 11) is 1.60. The van der Waals surface area contributed by atoms with Gasteiger partial charge in [-0.25, -0.2) is 0 Å². The van der Waals surface area contributed by atoms with Crippen LogP contribution in [-0.4, -0.2) is 24.7 Å². The lowest BCUT2D eigenvalue weighted by atomic mass is 10.0. The number of fused-ring (bicyclic) bond motifs is 1. The second-order valence-electron chi connectivity index (χ2n) is 7.67. The summed E-state index contributed by atoms with van der Waals surface area (Å²) < 4.78 is 5.51. The molecule has 0 saturated carbocycles. The van der Waals surface area contributed by atoms with Gasteiger partial charge in [0.05, 0.1) is 18.6 Å². The van der Waals surface area contributed by atoms with Crippen LogP contribution in [0.25, 0.3) is 10.8 Å². The molecule has 0 radical (unpaired) electrons. The lowest BCUT2D eigenvalue weighted by Crippen LogP contribution is -2.29. The van der Waals surface area contributed by atoms with Crippen LogP contribution in [0.3, 0.4) is 0 Å². The van der Waals surface area contributed by atoms with Gasteiger partial charge in [0, 0.05) is 16.8 Å². The summed E-state index contributed by atoms with van der Waals surface area (Å²) in [4.78, 5) is 27.9. The van der Waals surface area contributed by atoms with Crippen molar-refractivity contribution >= 4 is 45.7 Å². The number of thioether (sulfide) groups is 1. The number of nitrogens with one attached hydrogen (secondary N) is 1. The van der Waals surface area contributed by atoms with Crippen LogP contribution >= 0.6 is 11.8 Å². The van der Waals surface area contributed by atoms with Crippen molar-refractivity contribution in [2.45, 2.75) is 5.37 Å². The Bertz CT molecular complexity index is 1350. The summed E-state index contributed by atoms with van der Waals surface area (Å²) in [5.41, 5.74) is 2.88. The van der Waals surface area contributed by atoms with E-state index in [1.54, 1.807) is 12.0 Å². The summed E-state index contributed by atoms with van der Waals surface area (Å²) in [5, 5.41) is 4.72. The number of methoxy groups -OCH3 is 1. The number of carbonyl (C=O) groups excluding carboxylic acids is 2. The highest BCUT2D eigenvalue weighted by molar-refractivity contribution is 8.00. The van der Waals surface area contributed by atoms with Crippen molar-refractivity contribution in [3.63, 3.8) is 0 Å². The number of amides is 2. The molecular weight excluding hydrogens is 432 g/mol. The molecule has 6 heteroatoms. The largest absolute Gasteiger partial charge is 0.495 e. The first-order chi connectivity index (χ1) is 16.2. The average molecular weight is 455 g/mol. The van der Waals surface area contributed by atoms with Gasteiger partial charge in [-0.3, -0.25) is 14.5 Å². The lowest BCUT2D eigenvalue weighted by molar-refractivity contribution is -0.115. The number of benzene rings is 4. The molecule has 0 unspecified atom stereocenters. The van der Waals surface area contributed by atoms with Crippen LogP contribution in [0.2, 0.25) is 0 Å². The lowest BCUT2D eigenvalue weighted by Gasteiger charge is -2.27. The maximum absolute atomic E-state index is 13.3. The van der Waals surface area contributed by atoms with Gasteiger partial charge in [-0.2, -0.15) is 0 Å². The Kier molecular flexibility index (Phi) is 5.75. The molecule has 1 aliphatic heterocycles. The summed E-state index contributed by atoms with van der Waals surface area (Å²) in [6.45, 7) is 0. The molecule has 1 N–H and O–H groups in total. The molecule has 0 spiro atoms. The van der Waals surface area contributed by atoms with Crippen LogP contribution in [0.1, 0.15) is 21.3 Å². The minimum Gasteiger partial charge on any atom is -0.495 e. The van der Waals surface area contributed by atoms with Gasteiger partial charge in [0.2, 0.25) is 5.91 Å². The number of carbonyl (C=O) groups is 2. The molecule has 2 amide bonds. The molecule has 5 rings (SSSR count). The maximum atomic E-state index is 13.3. The normalized spacial score (nSPS) is 15.6. The van der Waals surface area contributed by atoms with Crippen molar-refractivity contribution in [1.82, 2.24) is 0 Å². The van der Waals surface area contributed by atoms with Gasteiger partial charge in [-0.1, -0.05) is 66.7 Å². The number of nitrogens with zero attached hydrogens (tertiary/aromatic N) is 1. The molecule has 4 aromatic carbocycles. The Morgan fingerprint density at radius 3 is 2.55 bits per heavy atom. The van der Waals surface area contributed by atoms with E-state index in [0.29, 0.717) is 22.8 Å². The fourth-order valence-corrected chi connectivity index (χ4v) is 5.39. The van der Waals surface area contributed by atoms with Crippen molar-refractivity contribution in [1.29, 1.82) is 0 Å². The van der Waals surface area contributed by atoms with E-state index in [1.807, 2.05) is 91.0 Å². The van der Waals surface area contributed by atoms with Crippen molar-refractivity contribution in [3.05, 3.63) is 102 Å². The topological polar surface area (TPSA) is 58.6 Å². The molecule has 1 heterocycles. The van der Waals surface area contributed by atoms with Gasteiger partial charge < -0.3 is 10.1 Å². The predicted molar refractivity (Wildman–Crippen MR) is 134 cm³/mol. The molecule has 4 aromatic rings. The van der Waals surface area contributed by atoms with Crippen LogP contribution in [0, 0.1) is 0 Å². The van der Waals surface area contributed by atoms with Crippen molar-refractivity contribution in [2.24, 2.45) is 0 Å². The fourth-order valence-electron chi connectivity index (χ4n) is 4.18. The van der Waals surface area contributed by atoms with E-state index in [0.717, 1.165) is 22.0 Å². The van der Waals surface area contributed by atoms with E-state index >= 15 is 0 Å². The average Bonchev–Trinajstić information content (AvgIpc) is 3.24. The molecule has 0 aliphatic carbocycles. The van der Waals surface area contributed by atoms with Gasteiger partial charge in [0.25, 0.3) is 5.91 Å². The standard InChI is InChI=1S/C27H22N2O3S/c1-32-24-16-7-6-15-23(24)29-25(30)17-33-27(29)21-12-4-5-14-22(21)28-26(31)20-13-8-10-18-9-2-3-11-19(18)20/h2-16,27H,17H2,1H3,(H,28,31)/t27-/m1/s1. The number of para-hydroxylation sites is 3. The smallest absolute Gasteiger partial charge is 0.256 e. The quantitative estimate of drug-likeness (QED) is 0.409. The molecule has 1 atom stereocenters. The van der Waals surface area contributed by atoms with E-state index < -0.39 is 0 Å². The van der Waals surface area contributed by atoms with Crippen LogP contribution in [0.4, 0.5) is 11.4 Å². The second-order valence-corrected chi connectivity index (χ2v) is 8.74. The van der Waals surface area contributed by atoms with Crippen LogP contribution in [0.5, 0.6) is 5.75 Å². The first-order valence-electron chi connectivity index (χ1n) is 10.6. The summed E-state index contributed by atoms with van der Waals surface area (Å²) in [6, 6.07) is 28.7. The Labute approximate surface area is 196 Å². The molecule has 0 bridgehead atoms. The first kappa shape index (κ1) is 21.1. The van der Waals surface area contributed by atoms with Crippen molar-refractivity contribution < 1.29 is 14.3 Å². The van der Waals surface area contributed by atoms with Gasteiger partial charge in [0.1, 0.15) is 11.1 Å². The van der Waals surface area contributed by atoms with E-state index in [1.165, 1.54) is 11.8 Å². The zero-order chi connectivity index (χ0) is 22.8. The highest BCUT2D eigenvalue weighted by atomic mass is 32.2. The van der Waals surface area contributed by atoms with Crippen molar-refractivity contribution in [3.8, 4) is 5.75 Å². The molecule has 1 aliphatic rings. The van der Waals surface area contributed by atoms with E-state index in [2.05, 4.69) is 5.32 Å². The maximum Gasteiger partial charge on any atom is 0.256 e. The Morgan fingerprint density at radius 1 is 0.939 bits per heavy atom. The molecular formula is C27H22N2O3S. The number of ether oxygens (including phenoxy) is 1. The van der Waals surface area contributed by atoms with Crippen LogP contribution in [-0.2, 0) is 4.79 Å². The van der Waals surface area contributed by atoms with Crippen LogP contribution < -0.4 is 15.0 Å². The van der Waals surface area contributed by atoms with Gasteiger partial charge >= 0.3 is 0 Å². The van der Waals surface area contributed by atoms with Gasteiger partial charge in [-0.15, -0.1) is 11.8 Å². The molecule has 5 nitrogen and oxygen atoms in total. The second kappa shape index (κ2) is 9.00. The summed E-state index contributed by atoms with van der Waals surface area (Å²) >= 11 is 1.53. The van der Waals surface area contributed by atoms with E-state index in [9.17, 15) is 9.59 Å². The third-order valence-corrected chi connectivity index (χ3v) is 6.92. The fraction of sp³-hybridized carbons (Fsp3) is 0.111. The monoisotopic (exact) mass is 454 g/mol. The molecule has 33 heavy (non-hydrogen) atoms. The Morgan fingerprint density at radius 2 is 1.67 bits per heavy atom. The summed E-state index contributed by atoms with van der Waals surface area (Å²) in [6.07, 6.45) is 0. The minimum atomic E-state index is -0.280. The molecule has 1 saturated heterocycles. The minimum absolute atomic E-state index is 0.00434. The Balaban J connectivity index is 1.51. The first-order valence-corrected chi connectivity index (χ1v) is 11.7. The number of hydrogen-bond acceptors (Lipinski definition) is 4. The third kappa shape index (κ3) is 3.94. The number of anilines is 2. The number of hydrogen-bond donors (Lipinski definition) is 1. The van der Waals surface area contributed by atoms with Gasteiger partial charge in [-0.05, 0) is 35.0 Å². The molecule has 164 valence electrons. The highest BCUT2D eigenvalue weighted by Crippen LogP contribution is 2.46. The van der Waals surface area contributed by atoms with Gasteiger partial charge in [0.15, 0.2) is 0 Å². The molecule has 1 fully saturated rings. The zero-order valence-electron chi connectivity index (χ0n) is 18.0. The SMILES string of the molecule is COc1ccccc1N1C(=O)CS[C@@H]1c1ccccc1NC(=O)c1cccc2ccccc12. The molecule has 0 aromatic heterocycles. The van der Waals surface area contributed by atoms with Crippen LogP contribution in [0.15, 0.2) is 91.0 Å².